The second-order valence-corrected chi connectivity index (χ2v) is 6.43. The van der Waals surface area contributed by atoms with E-state index >= 15 is 0 Å². The van der Waals surface area contributed by atoms with Crippen molar-refractivity contribution in [1.29, 1.82) is 0 Å². The van der Waals surface area contributed by atoms with Crippen LogP contribution in [0.25, 0.3) is 10.8 Å². The molecule has 1 fully saturated rings. The van der Waals surface area contributed by atoms with Crippen molar-refractivity contribution in [3.05, 3.63) is 42.0 Å². The first-order valence-electron chi connectivity index (χ1n) is 7.02. The summed E-state index contributed by atoms with van der Waals surface area (Å²) < 4.78 is 11.2. The van der Waals surface area contributed by atoms with Crippen LogP contribution in [-0.4, -0.2) is 19.8 Å². The lowest BCUT2D eigenvalue weighted by Crippen LogP contribution is -2.08. The Hall–Kier alpha value is -1.06. The number of alkyl halides is 1. The van der Waals surface area contributed by atoms with Crippen LogP contribution in [0.4, 0.5) is 0 Å². The van der Waals surface area contributed by atoms with E-state index in [1.165, 1.54) is 16.3 Å². The second kappa shape index (κ2) is 5.74. The number of rotatable bonds is 3. The first kappa shape index (κ1) is 13.9. The summed E-state index contributed by atoms with van der Waals surface area (Å²) in [4.78, 5) is 0.322. The van der Waals surface area contributed by atoms with Crippen molar-refractivity contribution in [2.75, 3.05) is 13.7 Å². The molecule has 3 rings (SSSR count). The number of ether oxygens (including phenoxy) is 2. The summed E-state index contributed by atoms with van der Waals surface area (Å²) in [5, 5.41) is 2.43. The molecule has 0 radical (unpaired) electrons. The van der Waals surface area contributed by atoms with Gasteiger partial charge in [0.2, 0.25) is 0 Å². The van der Waals surface area contributed by atoms with Crippen molar-refractivity contribution >= 4 is 26.7 Å². The molecule has 0 saturated carbocycles. The smallest absolute Gasteiger partial charge is 0.126 e. The van der Waals surface area contributed by atoms with Crippen LogP contribution in [0, 0.1) is 5.92 Å². The van der Waals surface area contributed by atoms with Gasteiger partial charge in [0, 0.05) is 16.1 Å². The van der Waals surface area contributed by atoms with E-state index in [1.54, 1.807) is 7.11 Å². The normalized spacial score (nSPS) is 23.9. The fourth-order valence-corrected chi connectivity index (χ4v) is 3.79. The minimum absolute atomic E-state index is 0.322. The summed E-state index contributed by atoms with van der Waals surface area (Å²) >= 11 is 3.89. The topological polar surface area (TPSA) is 18.5 Å². The molecule has 1 aliphatic heterocycles. The van der Waals surface area contributed by atoms with Gasteiger partial charge in [-0.2, -0.15) is 0 Å². The summed E-state index contributed by atoms with van der Waals surface area (Å²) in [5.41, 5.74) is 1.32. The summed E-state index contributed by atoms with van der Waals surface area (Å²) in [6.07, 6.45) is 1.47. The third kappa shape index (κ3) is 2.45. The lowest BCUT2D eigenvalue weighted by molar-refractivity contribution is 0.120. The minimum atomic E-state index is 0.322. The summed E-state index contributed by atoms with van der Waals surface area (Å²) in [7, 11) is 1.72. The summed E-state index contributed by atoms with van der Waals surface area (Å²) in [5.74, 6) is 1.46. The van der Waals surface area contributed by atoms with E-state index in [-0.39, 0.29) is 0 Å². The van der Waals surface area contributed by atoms with Crippen LogP contribution in [0.1, 0.15) is 23.7 Å². The molecule has 3 heteroatoms. The Labute approximate surface area is 128 Å². The quantitative estimate of drug-likeness (QED) is 0.757. The van der Waals surface area contributed by atoms with Crippen molar-refractivity contribution in [2.45, 2.75) is 24.3 Å². The highest BCUT2D eigenvalue weighted by Gasteiger charge is 2.30. The Morgan fingerprint density at radius 3 is 2.60 bits per heavy atom. The van der Waals surface area contributed by atoms with Crippen molar-refractivity contribution in [3.63, 3.8) is 0 Å². The van der Waals surface area contributed by atoms with Gasteiger partial charge in [-0.25, -0.2) is 0 Å². The van der Waals surface area contributed by atoms with Gasteiger partial charge in [-0.1, -0.05) is 46.3 Å². The SMILES string of the molecule is COc1ccc(C(Br)C2COC(C)C2)c2ccccc12. The van der Waals surface area contributed by atoms with E-state index in [0.717, 1.165) is 18.8 Å². The average Bonchev–Trinajstić information content (AvgIpc) is 2.92. The Morgan fingerprint density at radius 2 is 1.95 bits per heavy atom. The van der Waals surface area contributed by atoms with Crippen molar-refractivity contribution < 1.29 is 9.47 Å². The molecule has 3 atom stereocenters. The van der Waals surface area contributed by atoms with Gasteiger partial charge in [0.25, 0.3) is 0 Å². The molecule has 0 spiro atoms. The monoisotopic (exact) mass is 334 g/mol. The van der Waals surface area contributed by atoms with Crippen molar-refractivity contribution in [2.24, 2.45) is 5.92 Å². The zero-order chi connectivity index (χ0) is 14.1. The molecule has 0 bridgehead atoms. The minimum Gasteiger partial charge on any atom is -0.496 e. The number of halogens is 1. The highest BCUT2D eigenvalue weighted by Crippen LogP contribution is 2.42. The van der Waals surface area contributed by atoms with Crippen LogP contribution in [0.5, 0.6) is 5.75 Å². The van der Waals surface area contributed by atoms with Crippen molar-refractivity contribution in [1.82, 2.24) is 0 Å². The molecule has 0 N–H and O–H groups in total. The zero-order valence-corrected chi connectivity index (χ0v) is 13.4. The van der Waals surface area contributed by atoms with Crippen LogP contribution in [0.3, 0.4) is 0 Å². The third-order valence-electron chi connectivity index (χ3n) is 4.08. The third-order valence-corrected chi connectivity index (χ3v) is 5.32. The highest BCUT2D eigenvalue weighted by molar-refractivity contribution is 9.09. The predicted molar refractivity (Wildman–Crippen MR) is 85.7 cm³/mol. The van der Waals surface area contributed by atoms with Gasteiger partial charge >= 0.3 is 0 Å². The Balaban J connectivity index is 2.03. The maximum atomic E-state index is 5.71. The average molecular weight is 335 g/mol. The first-order valence-corrected chi connectivity index (χ1v) is 7.93. The van der Waals surface area contributed by atoms with Gasteiger partial charge < -0.3 is 9.47 Å². The molecule has 0 aromatic heterocycles. The van der Waals surface area contributed by atoms with Gasteiger partial charge in [-0.15, -0.1) is 0 Å². The maximum absolute atomic E-state index is 5.71. The number of hydrogen-bond donors (Lipinski definition) is 0. The van der Waals surface area contributed by atoms with Gasteiger partial charge in [0.15, 0.2) is 0 Å². The van der Waals surface area contributed by atoms with E-state index in [1.807, 2.05) is 0 Å². The lowest BCUT2D eigenvalue weighted by atomic mass is 9.93. The van der Waals surface area contributed by atoms with Crippen LogP contribution in [0.15, 0.2) is 36.4 Å². The lowest BCUT2D eigenvalue weighted by Gasteiger charge is -2.19. The van der Waals surface area contributed by atoms with E-state index < -0.39 is 0 Å². The standard InChI is InChI=1S/C17H19BrO2/c1-11-9-12(10-20-11)17(18)15-7-8-16(19-2)14-6-4-3-5-13(14)15/h3-8,11-12,17H,9-10H2,1-2H3. The number of hydrogen-bond acceptors (Lipinski definition) is 2. The molecule has 1 aliphatic rings. The fourth-order valence-electron chi connectivity index (χ4n) is 3.02. The van der Waals surface area contributed by atoms with Crippen LogP contribution >= 0.6 is 15.9 Å². The van der Waals surface area contributed by atoms with E-state index in [2.05, 4.69) is 59.3 Å². The van der Waals surface area contributed by atoms with Crippen LogP contribution in [-0.2, 0) is 4.74 Å². The summed E-state index contributed by atoms with van der Waals surface area (Å²) in [6, 6.07) is 12.7. The van der Waals surface area contributed by atoms with E-state index in [9.17, 15) is 0 Å². The van der Waals surface area contributed by atoms with Gasteiger partial charge in [-0.05, 0) is 30.4 Å². The fraction of sp³-hybridized carbons (Fsp3) is 0.412. The van der Waals surface area contributed by atoms with Crippen LogP contribution in [0.2, 0.25) is 0 Å². The molecular weight excluding hydrogens is 316 g/mol. The molecule has 1 saturated heterocycles. The largest absolute Gasteiger partial charge is 0.496 e. The molecule has 1 heterocycles. The Morgan fingerprint density at radius 1 is 1.20 bits per heavy atom. The van der Waals surface area contributed by atoms with Gasteiger partial charge in [0.1, 0.15) is 5.75 Å². The molecule has 2 aromatic carbocycles. The molecule has 20 heavy (non-hydrogen) atoms. The summed E-state index contributed by atoms with van der Waals surface area (Å²) in [6.45, 7) is 2.98. The second-order valence-electron chi connectivity index (χ2n) is 5.44. The highest BCUT2D eigenvalue weighted by atomic mass is 79.9. The molecule has 2 nitrogen and oxygen atoms in total. The number of fused-ring (bicyclic) bond motifs is 1. The molecule has 2 aromatic rings. The first-order chi connectivity index (χ1) is 9.70. The number of methoxy groups -OCH3 is 1. The molecule has 106 valence electrons. The molecular formula is C17H19BrO2. The molecule has 3 unspecified atom stereocenters. The Kier molecular flexibility index (Phi) is 3.99. The van der Waals surface area contributed by atoms with Gasteiger partial charge in [0.05, 0.1) is 19.8 Å². The van der Waals surface area contributed by atoms with Gasteiger partial charge in [-0.3, -0.25) is 0 Å². The molecule has 0 aliphatic carbocycles. The van der Waals surface area contributed by atoms with Crippen LogP contribution < -0.4 is 4.74 Å². The van der Waals surface area contributed by atoms with Crippen molar-refractivity contribution in [3.8, 4) is 5.75 Å². The Bertz CT molecular complexity index is 611. The van der Waals surface area contributed by atoms with E-state index in [0.29, 0.717) is 16.8 Å². The number of benzene rings is 2. The van der Waals surface area contributed by atoms with E-state index in [4.69, 9.17) is 9.47 Å². The maximum Gasteiger partial charge on any atom is 0.126 e. The predicted octanol–water partition coefficient (Wildman–Crippen LogP) is 4.71. The zero-order valence-electron chi connectivity index (χ0n) is 11.8. The molecule has 0 amide bonds.